The smallest absolute Gasteiger partial charge is 0.254 e. The van der Waals surface area contributed by atoms with Crippen molar-refractivity contribution in [2.24, 2.45) is 5.92 Å². The molecule has 6 nitrogen and oxygen atoms in total. The summed E-state index contributed by atoms with van der Waals surface area (Å²) in [4.78, 5) is 16.8. The number of benzene rings is 2. The van der Waals surface area contributed by atoms with Crippen molar-refractivity contribution in [3.8, 4) is 11.5 Å². The van der Waals surface area contributed by atoms with Crippen LogP contribution in [-0.4, -0.2) is 41.1 Å². The third-order valence-electron chi connectivity index (χ3n) is 5.47. The van der Waals surface area contributed by atoms with Gasteiger partial charge in [0.25, 0.3) is 5.91 Å². The van der Waals surface area contributed by atoms with E-state index in [1.807, 2.05) is 54.6 Å². The molecule has 29 heavy (non-hydrogen) atoms. The molecule has 0 unspecified atom stereocenters. The Hall–Kier alpha value is -3.15. The van der Waals surface area contributed by atoms with Gasteiger partial charge >= 0.3 is 0 Å². The van der Waals surface area contributed by atoms with Gasteiger partial charge in [-0.05, 0) is 55.2 Å². The second-order valence-corrected chi connectivity index (χ2v) is 7.74. The zero-order valence-corrected chi connectivity index (χ0v) is 16.9. The molecule has 0 spiro atoms. The van der Waals surface area contributed by atoms with E-state index in [1.165, 1.54) is 18.5 Å². The van der Waals surface area contributed by atoms with Gasteiger partial charge in [0, 0.05) is 37.0 Å². The molecule has 1 aliphatic heterocycles. The molecule has 0 saturated carbocycles. The lowest BCUT2D eigenvalue weighted by Crippen LogP contribution is -2.32. The molecule has 1 aromatic heterocycles. The van der Waals surface area contributed by atoms with Crippen molar-refractivity contribution in [2.75, 3.05) is 25.0 Å². The van der Waals surface area contributed by atoms with Crippen LogP contribution < -0.4 is 4.90 Å². The molecule has 0 radical (unpaired) electrons. The number of carbonyl (C=O) groups excluding carboxylic acids is 1. The van der Waals surface area contributed by atoms with Crippen molar-refractivity contribution in [3.63, 3.8) is 0 Å². The first-order chi connectivity index (χ1) is 14.1. The van der Waals surface area contributed by atoms with E-state index in [4.69, 9.17) is 4.42 Å². The summed E-state index contributed by atoms with van der Waals surface area (Å²) in [6, 6.07) is 17.5. The number of aromatic nitrogens is 2. The maximum atomic E-state index is 12.8. The van der Waals surface area contributed by atoms with E-state index in [0.717, 1.165) is 24.6 Å². The Kier molecular flexibility index (Phi) is 5.60. The summed E-state index contributed by atoms with van der Waals surface area (Å²) in [5.41, 5.74) is 2.70. The van der Waals surface area contributed by atoms with Crippen LogP contribution in [0.25, 0.3) is 11.5 Å². The highest BCUT2D eigenvalue weighted by Crippen LogP contribution is 2.24. The van der Waals surface area contributed by atoms with Crippen molar-refractivity contribution in [1.29, 1.82) is 0 Å². The first-order valence-electron chi connectivity index (χ1n) is 10.1. The fourth-order valence-corrected chi connectivity index (χ4v) is 3.59. The molecule has 0 atom stereocenters. The predicted octanol–water partition coefficient (Wildman–Crippen LogP) is 4.25. The number of carbonyl (C=O) groups is 1. The average Bonchev–Trinajstić information content (AvgIpc) is 3.23. The molecule has 4 rings (SSSR count). The minimum atomic E-state index is -0.0664. The van der Waals surface area contributed by atoms with Crippen LogP contribution in [0.1, 0.15) is 36.0 Å². The maximum absolute atomic E-state index is 12.8. The highest BCUT2D eigenvalue weighted by atomic mass is 16.4. The van der Waals surface area contributed by atoms with Crippen LogP contribution >= 0.6 is 0 Å². The number of amides is 1. The second-order valence-electron chi connectivity index (χ2n) is 7.74. The van der Waals surface area contributed by atoms with E-state index < -0.39 is 0 Å². The lowest BCUT2D eigenvalue weighted by molar-refractivity contribution is 0.0773. The molecular formula is C23H26N4O2. The minimum absolute atomic E-state index is 0.0664. The molecule has 3 aromatic rings. The summed E-state index contributed by atoms with van der Waals surface area (Å²) in [5, 5.41) is 8.15. The lowest BCUT2D eigenvalue weighted by atomic mass is 9.98. The van der Waals surface area contributed by atoms with Gasteiger partial charge in [-0.3, -0.25) is 4.79 Å². The van der Waals surface area contributed by atoms with E-state index in [2.05, 4.69) is 22.0 Å². The maximum Gasteiger partial charge on any atom is 0.254 e. The summed E-state index contributed by atoms with van der Waals surface area (Å²) >= 11 is 0. The van der Waals surface area contributed by atoms with Gasteiger partial charge in [-0.2, -0.15) is 0 Å². The van der Waals surface area contributed by atoms with E-state index in [-0.39, 0.29) is 12.5 Å². The summed E-state index contributed by atoms with van der Waals surface area (Å²) in [6.07, 6.45) is 2.44. The molecule has 2 heterocycles. The molecular weight excluding hydrogens is 364 g/mol. The summed E-state index contributed by atoms with van der Waals surface area (Å²) < 4.78 is 5.71. The first-order valence-corrected chi connectivity index (χ1v) is 10.1. The third-order valence-corrected chi connectivity index (χ3v) is 5.47. The Bertz CT molecular complexity index is 945. The van der Waals surface area contributed by atoms with Crippen LogP contribution in [0.15, 0.2) is 59.0 Å². The zero-order valence-electron chi connectivity index (χ0n) is 16.9. The van der Waals surface area contributed by atoms with Gasteiger partial charge in [-0.15, -0.1) is 10.2 Å². The fourth-order valence-electron chi connectivity index (χ4n) is 3.59. The number of anilines is 1. The molecule has 150 valence electrons. The topological polar surface area (TPSA) is 62.5 Å². The standard InChI is InChI=1S/C23H26N4O2/c1-17-12-14-27(15-13-17)20-10-8-19(9-11-20)23(28)26(2)16-21-24-25-22(29-21)18-6-4-3-5-7-18/h3-11,17H,12-16H2,1-2H3. The number of hydrogen-bond acceptors (Lipinski definition) is 5. The molecule has 0 N–H and O–H groups in total. The van der Waals surface area contributed by atoms with Crippen LogP contribution in [0, 0.1) is 5.92 Å². The van der Waals surface area contributed by atoms with Gasteiger partial charge in [0.05, 0.1) is 6.54 Å². The van der Waals surface area contributed by atoms with Gasteiger partial charge < -0.3 is 14.2 Å². The van der Waals surface area contributed by atoms with Crippen LogP contribution in [-0.2, 0) is 6.54 Å². The van der Waals surface area contributed by atoms with Crippen molar-refractivity contribution < 1.29 is 9.21 Å². The largest absolute Gasteiger partial charge is 0.419 e. The van der Waals surface area contributed by atoms with Gasteiger partial charge in [-0.1, -0.05) is 25.1 Å². The molecule has 1 fully saturated rings. The fraction of sp³-hybridized carbons (Fsp3) is 0.348. The quantitative estimate of drug-likeness (QED) is 0.652. The highest BCUT2D eigenvalue weighted by molar-refractivity contribution is 5.94. The van der Waals surface area contributed by atoms with Crippen molar-refractivity contribution in [3.05, 3.63) is 66.1 Å². The van der Waals surface area contributed by atoms with E-state index in [1.54, 1.807) is 11.9 Å². The number of rotatable bonds is 5. The summed E-state index contributed by atoms with van der Waals surface area (Å²) in [6.45, 7) is 4.73. The van der Waals surface area contributed by atoms with Crippen LogP contribution in [0.3, 0.4) is 0 Å². The van der Waals surface area contributed by atoms with Crippen LogP contribution in [0.5, 0.6) is 0 Å². The molecule has 1 saturated heterocycles. The Labute approximate surface area is 171 Å². The predicted molar refractivity (Wildman–Crippen MR) is 113 cm³/mol. The van der Waals surface area contributed by atoms with Gasteiger partial charge in [0.1, 0.15) is 0 Å². The Balaban J connectivity index is 1.38. The second kappa shape index (κ2) is 8.47. The Morgan fingerprint density at radius 1 is 1.07 bits per heavy atom. The molecule has 1 aliphatic rings. The normalized spacial score (nSPS) is 14.8. The summed E-state index contributed by atoms with van der Waals surface area (Å²) in [5.74, 6) is 1.61. The van der Waals surface area contributed by atoms with Crippen LogP contribution in [0.4, 0.5) is 5.69 Å². The zero-order chi connectivity index (χ0) is 20.2. The monoisotopic (exact) mass is 390 g/mol. The molecule has 1 amide bonds. The Morgan fingerprint density at radius 2 is 1.76 bits per heavy atom. The number of hydrogen-bond donors (Lipinski definition) is 0. The van der Waals surface area contributed by atoms with Crippen LogP contribution in [0.2, 0.25) is 0 Å². The van der Waals surface area contributed by atoms with Crippen molar-refractivity contribution >= 4 is 11.6 Å². The minimum Gasteiger partial charge on any atom is -0.419 e. The number of nitrogens with zero attached hydrogens (tertiary/aromatic N) is 4. The van der Waals surface area contributed by atoms with Crippen molar-refractivity contribution in [1.82, 2.24) is 15.1 Å². The van der Waals surface area contributed by atoms with E-state index in [9.17, 15) is 4.79 Å². The average molecular weight is 390 g/mol. The summed E-state index contributed by atoms with van der Waals surface area (Å²) in [7, 11) is 1.74. The van der Waals surface area contributed by atoms with E-state index >= 15 is 0 Å². The third kappa shape index (κ3) is 4.47. The van der Waals surface area contributed by atoms with Gasteiger partial charge in [0.2, 0.25) is 11.8 Å². The molecule has 0 aliphatic carbocycles. The molecule has 0 bridgehead atoms. The first kappa shape index (κ1) is 19.2. The molecule has 6 heteroatoms. The van der Waals surface area contributed by atoms with Crippen molar-refractivity contribution in [2.45, 2.75) is 26.3 Å². The number of piperidine rings is 1. The SMILES string of the molecule is CC1CCN(c2ccc(C(=O)N(C)Cc3nnc(-c4ccccc4)o3)cc2)CC1. The lowest BCUT2D eigenvalue weighted by Gasteiger charge is -2.32. The Morgan fingerprint density at radius 3 is 2.45 bits per heavy atom. The molecule has 2 aromatic carbocycles. The van der Waals surface area contributed by atoms with E-state index in [0.29, 0.717) is 17.3 Å². The highest BCUT2D eigenvalue weighted by Gasteiger charge is 2.18. The van der Waals surface area contributed by atoms with Gasteiger partial charge in [-0.25, -0.2) is 0 Å². The van der Waals surface area contributed by atoms with Gasteiger partial charge in [0.15, 0.2) is 0 Å².